The molecule has 0 radical (unpaired) electrons. The fourth-order valence-electron chi connectivity index (χ4n) is 1.91. The third kappa shape index (κ3) is 1.08. The molecule has 1 saturated carbocycles. The summed E-state index contributed by atoms with van der Waals surface area (Å²) in [6, 6.07) is 3.73. The van der Waals surface area contributed by atoms with Crippen molar-refractivity contribution in [3.63, 3.8) is 0 Å². The first-order chi connectivity index (χ1) is 6.77. The molecule has 2 aromatic rings. The SMILES string of the molecule is Oc1ccc2c(C3CC3)c[nH]c2c1Br. The lowest BCUT2D eigenvalue weighted by atomic mass is 10.1. The smallest absolute Gasteiger partial charge is 0.131 e. The zero-order chi connectivity index (χ0) is 9.71. The molecule has 0 amide bonds. The normalized spacial score (nSPS) is 16.4. The van der Waals surface area contributed by atoms with Gasteiger partial charge in [-0.05, 0) is 52.4 Å². The third-order valence-electron chi connectivity index (χ3n) is 2.82. The highest BCUT2D eigenvalue weighted by molar-refractivity contribution is 9.10. The fourth-order valence-corrected chi connectivity index (χ4v) is 2.37. The highest BCUT2D eigenvalue weighted by Crippen LogP contribution is 2.45. The third-order valence-corrected chi connectivity index (χ3v) is 3.62. The van der Waals surface area contributed by atoms with E-state index in [2.05, 4.69) is 27.1 Å². The van der Waals surface area contributed by atoms with E-state index in [1.54, 1.807) is 6.07 Å². The Bertz CT molecular complexity index is 499. The summed E-state index contributed by atoms with van der Waals surface area (Å²) in [7, 11) is 0. The number of hydrogen-bond acceptors (Lipinski definition) is 1. The predicted octanol–water partition coefficient (Wildman–Crippen LogP) is 3.51. The van der Waals surface area contributed by atoms with E-state index in [0.29, 0.717) is 5.75 Å². The Hall–Kier alpha value is -0.960. The number of H-pyrrole nitrogens is 1. The second-order valence-electron chi connectivity index (χ2n) is 3.84. The molecule has 2 nitrogen and oxygen atoms in total. The lowest BCUT2D eigenvalue weighted by Gasteiger charge is -1.99. The molecule has 0 spiro atoms. The van der Waals surface area contributed by atoms with Crippen LogP contribution in [0.1, 0.15) is 24.3 Å². The number of phenols is 1. The minimum atomic E-state index is 0.293. The van der Waals surface area contributed by atoms with Gasteiger partial charge in [-0.15, -0.1) is 0 Å². The second kappa shape index (κ2) is 2.76. The van der Waals surface area contributed by atoms with Crippen LogP contribution in [0.25, 0.3) is 10.9 Å². The molecule has 2 N–H and O–H groups in total. The quantitative estimate of drug-likeness (QED) is 0.800. The summed E-state index contributed by atoms with van der Waals surface area (Å²) >= 11 is 3.38. The molecule has 3 rings (SSSR count). The van der Waals surface area contributed by atoms with Crippen molar-refractivity contribution in [2.75, 3.05) is 0 Å². The molecule has 3 heteroatoms. The van der Waals surface area contributed by atoms with Crippen molar-refractivity contribution in [3.8, 4) is 5.75 Å². The molecule has 0 bridgehead atoms. The number of halogens is 1. The molecule has 1 aromatic heterocycles. The van der Waals surface area contributed by atoms with Crippen LogP contribution in [0.2, 0.25) is 0 Å². The summed E-state index contributed by atoms with van der Waals surface area (Å²) in [5.41, 5.74) is 2.40. The molecule has 1 aromatic carbocycles. The van der Waals surface area contributed by atoms with E-state index in [1.807, 2.05) is 6.07 Å². The van der Waals surface area contributed by atoms with Crippen molar-refractivity contribution in [2.45, 2.75) is 18.8 Å². The summed E-state index contributed by atoms with van der Waals surface area (Å²) < 4.78 is 0.766. The zero-order valence-corrected chi connectivity index (χ0v) is 9.13. The van der Waals surface area contributed by atoms with Crippen LogP contribution in [0.3, 0.4) is 0 Å². The largest absolute Gasteiger partial charge is 0.507 e. The van der Waals surface area contributed by atoms with Gasteiger partial charge in [-0.2, -0.15) is 0 Å². The van der Waals surface area contributed by atoms with Crippen LogP contribution in [0, 0.1) is 0 Å². The molecule has 14 heavy (non-hydrogen) atoms. The van der Waals surface area contributed by atoms with Gasteiger partial charge in [0.05, 0.1) is 9.99 Å². The van der Waals surface area contributed by atoms with Crippen molar-refractivity contribution in [2.24, 2.45) is 0 Å². The predicted molar refractivity (Wildman–Crippen MR) is 59.6 cm³/mol. The van der Waals surface area contributed by atoms with Gasteiger partial charge in [0.25, 0.3) is 0 Å². The summed E-state index contributed by atoms with van der Waals surface area (Å²) in [5, 5.41) is 10.7. The van der Waals surface area contributed by atoms with Crippen LogP contribution >= 0.6 is 15.9 Å². The summed E-state index contributed by atoms with van der Waals surface area (Å²) in [4.78, 5) is 3.21. The maximum atomic E-state index is 9.51. The van der Waals surface area contributed by atoms with Crippen molar-refractivity contribution < 1.29 is 5.11 Å². The van der Waals surface area contributed by atoms with Crippen LogP contribution in [0.4, 0.5) is 0 Å². The van der Waals surface area contributed by atoms with Gasteiger partial charge in [-0.1, -0.05) is 0 Å². The topological polar surface area (TPSA) is 36.0 Å². The van der Waals surface area contributed by atoms with E-state index in [-0.39, 0.29) is 0 Å². The Balaban J connectivity index is 2.31. The van der Waals surface area contributed by atoms with E-state index in [4.69, 9.17) is 0 Å². The molecule has 0 saturated heterocycles. The van der Waals surface area contributed by atoms with Crippen LogP contribution in [-0.2, 0) is 0 Å². The fraction of sp³-hybridized carbons (Fsp3) is 0.273. The maximum absolute atomic E-state index is 9.51. The first kappa shape index (κ1) is 8.36. The van der Waals surface area contributed by atoms with Crippen LogP contribution in [0.15, 0.2) is 22.8 Å². The van der Waals surface area contributed by atoms with Crippen molar-refractivity contribution in [3.05, 3.63) is 28.4 Å². The van der Waals surface area contributed by atoms with E-state index >= 15 is 0 Å². The number of phenolic OH excluding ortho intramolecular Hbond substituents is 1. The van der Waals surface area contributed by atoms with Crippen LogP contribution in [-0.4, -0.2) is 10.1 Å². The number of aromatic nitrogens is 1. The van der Waals surface area contributed by atoms with Crippen LogP contribution in [0.5, 0.6) is 5.75 Å². The second-order valence-corrected chi connectivity index (χ2v) is 4.63. The van der Waals surface area contributed by atoms with Gasteiger partial charge in [-0.25, -0.2) is 0 Å². The number of nitrogens with one attached hydrogen (secondary N) is 1. The van der Waals surface area contributed by atoms with Crippen molar-refractivity contribution in [1.29, 1.82) is 0 Å². The summed E-state index contributed by atoms with van der Waals surface area (Å²) in [6.45, 7) is 0. The lowest BCUT2D eigenvalue weighted by Crippen LogP contribution is -1.76. The van der Waals surface area contributed by atoms with Gasteiger partial charge in [0.1, 0.15) is 5.75 Å². The number of rotatable bonds is 1. The Kier molecular flexibility index (Phi) is 1.65. The van der Waals surface area contributed by atoms with E-state index < -0.39 is 0 Å². The lowest BCUT2D eigenvalue weighted by molar-refractivity contribution is 0.473. The minimum Gasteiger partial charge on any atom is -0.507 e. The summed E-state index contributed by atoms with van der Waals surface area (Å²) in [6.07, 6.45) is 4.66. The van der Waals surface area contributed by atoms with Gasteiger partial charge < -0.3 is 10.1 Å². The molecule has 0 aliphatic heterocycles. The number of aromatic amines is 1. The number of fused-ring (bicyclic) bond motifs is 1. The Morgan fingerprint density at radius 1 is 1.36 bits per heavy atom. The molecule has 1 aliphatic carbocycles. The molecule has 0 atom stereocenters. The van der Waals surface area contributed by atoms with Crippen molar-refractivity contribution >= 4 is 26.8 Å². The van der Waals surface area contributed by atoms with E-state index in [9.17, 15) is 5.11 Å². The summed E-state index contributed by atoms with van der Waals surface area (Å²) in [5.74, 6) is 1.03. The minimum absolute atomic E-state index is 0.293. The van der Waals surface area contributed by atoms with Gasteiger partial charge in [0.2, 0.25) is 0 Å². The average molecular weight is 252 g/mol. The molecule has 1 fully saturated rings. The molecule has 72 valence electrons. The Morgan fingerprint density at radius 2 is 2.14 bits per heavy atom. The van der Waals surface area contributed by atoms with E-state index in [1.165, 1.54) is 23.8 Å². The van der Waals surface area contributed by atoms with Crippen molar-refractivity contribution in [1.82, 2.24) is 4.98 Å². The number of aromatic hydroxyl groups is 1. The average Bonchev–Trinajstić information content (AvgIpc) is 2.93. The molecule has 1 aliphatic rings. The maximum Gasteiger partial charge on any atom is 0.131 e. The monoisotopic (exact) mass is 251 g/mol. The molecule has 1 heterocycles. The van der Waals surface area contributed by atoms with E-state index in [0.717, 1.165) is 15.9 Å². The zero-order valence-electron chi connectivity index (χ0n) is 7.55. The highest BCUT2D eigenvalue weighted by Gasteiger charge is 2.26. The molecular weight excluding hydrogens is 242 g/mol. The molecule has 0 unspecified atom stereocenters. The van der Waals surface area contributed by atoms with Gasteiger partial charge in [0, 0.05) is 11.6 Å². The van der Waals surface area contributed by atoms with Crippen LogP contribution < -0.4 is 0 Å². The number of benzene rings is 1. The number of hydrogen-bond donors (Lipinski definition) is 2. The van der Waals surface area contributed by atoms with Gasteiger partial charge in [0.15, 0.2) is 0 Å². The first-order valence-corrected chi connectivity index (χ1v) is 5.55. The van der Waals surface area contributed by atoms with Gasteiger partial charge >= 0.3 is 0 Å². The first-order valence-electron chi connectivity index (χ1n) is 4.76. The highest BCUT2D eigenvalue weighted by atomic mass is 79.9. The molecular formula is C11H10BrNO. The Labute approximate surface area is 90.1 Å². The Morgan fingerprint density at radius 3 is 2.86 bits per heavy atom. The standard InChI is InChI=1S/C11H10BrNO/c12-10-9(14)4-3-7-8(6-1-2-6)5-13-11(7)10/h3-6,13-14H,1-2H2. The van der Waals surface area contributed by atoms with Gasteiger partial charge in [-0.3, -0.25) is 0 Å².